The highest BCUT2D eigenvalue weighted by molar-refractivity contribution is 6.08. The molecular formula is C11H7FO2. The van der Waals surface area contributed by atoms with Gasteiger partial charge in [-0.2, -0.15) is 0 Å². The molecule has 2 aromatic rings. The molecule has 0 aliphatic heterocycles. The summed E-state index contributed by atoms with van der Waals surface area (Å²) in [5.74, 6) is -0.655. The van der Waals surface area contributed by atoms with E-state index in [1.54, 1.807) is 12.1 Å². The lowest BCUT2D eigenvalue weighted by molar-refractivity contribution is 0.103. The van der Waals surface area contributed by atoms with Gasteiger partial charge in [0.15, 0.2) is 5.78 Å². The topological polar surface area (TPSA) is 30.2 Å². The second-order valence-electron chi connectivity index (χ2n) is 2.85. The van der Waals surface area contributed by atoms with E-state index in [2.05, 4.69) is 0 Å². The summed E-state index contributed by atoms with van der Waals surface area (Å²) in [6.45, 7) is 0. The van der Waals surface area contributed by atoms with Crippen LogP contribution >= 0.6 is 0 Å². The molecule has 1 heterocycles. The second-order valence-corrected chi connectivity index (χ2v) is 2.85. The quantitative estimate of drug-likeness (QED) is 0.681. The van der Waals surface area contributed by atoms with Gasteiger partial charge in [0, 0.05) is 5.56 Å². The Bertz CT molecular complexity index is 446. The van der Waals surface area contributed by atoms with Gasteiger partial charge in [-0.3, -0.25) is 4.79 Å². The number of hydrogen-bond acceptors (Lipinski definition) is 2. The normalized spacial score (nSPS) is 10.1. The standard InChI is InChI=1S/C11H7FO2/c12-10-3-1-2-8(6-10)11(13)9-4-5-14-7-9/h1-7H. The molecule has 14 heavy (non-hydrogen) atoms. The largest absolute Gasteiger partial charge is 0.472 e. The van der Waals surface area contributed by atoms with E-state index >= 15 is 0 Å². The molecule has 0 aliphatic rings. The van der Waals surface area contributed by atoms with Crippen molar-refractivity contribution < 1.29 is 13.6 Å². The van der Waals surface area contributed by atoms with E-state index in [9.17, 15) is 9.18 Å². The van der Waals surface area contributed by atoms with Crippen molar-refractivity contribution in [3.05, 3.63) is 59.8 Å². The molecule has 0 spiro atoms. The van der Waals surface area contributed by atoms with Gasteiger partial charge in [-0.05, 0) is 18.2 Å². The van der Waals surface area contributed by atoms with Gasteiger partial charge in [-0.1, -0.05) is 12.1 Å². The van der Waals surface area contributed by atoms with Gasteiger partial charge in [0.1, 0.15) is 12.1 Å². The molecule has 0 aliphatic carbocycles. The van der Waals surface area contributed by atoms with E-state index < -0.39 is 5.82 Å². The highest BCUT2D eigenvalue weighted by Gasteiger charge is 2.10. The van der Waals surface area contributed by atoms with Gasteiger partial charge < -0.3 is 4.42 Å². The molecule has 1 aromatic heterocycles. The van der Waals surface area contributed by atoms with Crippen molar-refractivity contribution in [3.63, 3.8) is 0 Å². The minimum Gasteiger partial charge on any atom is -0.472 e. The van der Waals surface area contributed by atoms with Gasteiger partial charge in [-0.25, -0.2) is 4.39 Å². The summed E-state index contributed by atoms with van der Waals surface area (Å²) < 4.78 is 17.6. The van der Waals surface area contributed by atoms with Crippen LogP contribution in [0.4, 0.5) is 4.39 Å². The van der Waals surface area contributed by atoms with E-state index in [1.807, 2.05) is 0 Å². The fourth-order valence-corrected chi connectivity index (χ4v) is 1.19. The monoisotopic (exact) mass is 190 g/mol. The fraction of sp³-hybridized carbons (Fsp3) is 0. The maximum atomic E-state index is 12.8. The van der Waals surface area contributed by atoms with Crippen molar-refractivity contribution in [1.29, 1.82) is 0 Å². The van der Waals surface area contributed by atoms with Gasteiger partial charge in [0.2, 0.25) is 0 Å². The minimum atomic E-state index is -0.417. The number of furan rings is 1. The van der Waals surface area contributed by atoms with E-state index in [4.69, 9.17) is 4.42 Å². The lowest BCUT2D eigenvalue weighted by atomic mass is 10.1. The smallest absolute Gasteiger partial charge is 0.196 e. The molecule has 0 amide bonds. The van der Waals surface area contributed by atoms with Gasteiger partial charge in [-0.15, -0.1) is 0 Å². The van der Waals surface area contributed by atoms with Crippen molar-refractivity contribution >= 4 is 5.78 Å². The summed E-state index contributed by atoms with van der Waals surface area (Å²) in [5.41, 5.74) is 0.752. The second kappa shape index (κ2) is 3.46. The summed E-state index contributed by atoms with van der Waals surface area (Å²) >= 11 is 0. The Morgan fingerprint density at radius 2 is 2.07 bits per heavy atom. The Balaban J connectivity index is 2.37. The van der Waals surface area contributed by atoms with Crippen molar-refractivity contribution in [2.24, 2.45) is 0 Å². The van der Waals surface area contributed by atoms with Crippen LogP contribution < -0.4 is 0 Å². The van der Waals surface area contributed by atoms with Gasteiger partial charge in [0.25, 0.3) is 0 Å². The lowest BCUT2D eigenvalue weighted by Crippen LogP contribution is -1.99. The molecule has 0 radical (unpaired) electrons. The van der Waals surface area contributed by atoms with Crippen molar-refractivity contribution in [1.82, 2.24) is 0 Å². The molecule has 2 nitrogen and oxygen atoms in total. The first kappa shape index (κ1) is 8.69. The molecule has 0 saturated heterocycles. The molecule has 0 fully saturated rings. The number of carbonyl (C=O) groups excluding carboxylic acids is 1. The third-order valence-corrected chi connectivity index (χ3v) is 1.87. The maximum Gasteiger partial charge on any atom is 0.196 e. The van der Waals surface area contributed by atoms with E-state index in [-0.39, 0.29) is 5.78 Å². The number of halogens is 1. The number of ketones is 1. The maximum absolute atomic E-state index is 12.8. The number of benzene rings is 1. The van der Waals surface area contributed by atoms with Crippen LogP contribution in [0.5, 0.6) is 0 Å². The van der Waals surface area contributed by atoms with E-state index in [0.29, 0.717) is 11.1 Å². The minimum absolute atomic E-state index is 0.238. The van der Waals surface area contributed by atoms with Crippen LogP contribution in [0.25, 0.3) is 0 Å². The van der Waals surface area contributed by atoms with Crippen molar-refractivity contribution in [3.8, 4) is 0 Å². The Morgan fingerprint density at radius 1 is 1.21 bits per heavy atom. The Hall–Kier alpha value is -1.90. The molecule has 0 atom stereocenters. The molecular weight excluding hydrogens is 183 g/mol. The Morgan fingerprint density at radius 3 is 2.71 bits per heavy atom. The van der Waals surface area contributed by atoms with Crippen LogP contribution in [0.3, 0.4) is 0 Å². The average molecular weight is 190 g/mol. The lowest BCUT2D eigenvalue weighted by Gasteiger charge is -1.96. The van der Waals surface area contributed by atoms with Crippen LogP contribution in [-0.4, -0.2) is 5.78 Å². The summed E-state index contributed by atoms with van der Waals surface area (Å²) in [4.78, 5) is 11.6. The van der Waals surface area contributed by atoms with Crippen molar-refractivity contribution in [2.75, 3.05) is 0 Å². The first-order valence-corrected chi connectivity index (χ1v) is 4.10. The Kier molecular flexibility index (Phi) is 2.14. The zero-order valence-electron chi connectivity index (χ0n) is 7.24. The van der Waals surface area contributed by atoms with E-state index in [1.165, 1.54) is 30.7 Å². The Labute approximate surface area is 80.0 Å². The van der Waals surface area contributed by atoms with Crippen LogP contribution in [0.15, 0.2) is 47.3 Å². The summed E-state index contributed by atoms with van der Waals surface area (Å²) in [6, 6.07) is 7.12. The zero-order chi connectivity index (χ0) is 9.97. The molecule has 0 N–H and O–H groups in total. The molecule has 70 valence electrons. The SMILES string of the molecule is O=C(c1ccoc1)c1cccc(F)c1. The fourth-order valence-electron chi connectivity index (χ4n) is 1.19. The predicted octanol–water partition coefficient (Wildman–Crippen LogP) is 2.65. The highest BCUT2D eigenvalue weighted by Crippen LogP contribution is 2.11. The summed E-state index contributed by atoms with van der Waals surface area (Å²) in [7, 11) is 0. The highest BCUT2D eigenvalue weighted by atomic mass is 19.1. The van der Waals surface area contributed by atoms with E-state index in [0.717, 1.165) is 0 Å². The van der Waals surface area contributed by atoms with Crippen LogP contribution in [0.1, 0.15) is 15.9 Å². The summed E-state index contributed by atoms with van der Waals surface area (Å²) in [6.07, 6.45) is 2.75. The van der Waals surface area contributed by atoms with Crippen LogP contribution in [0.2, 0.25) is 0 Å². The molecule has 0 saturated carbocycles. The third-order valence-electron chi connectivity index (χ3n) is 1.87. The van der Waals surface area contributed by atoms with Crippen molar-refractivity contribution in [2.45, 2.75) is 0 Å². The number of hydrogen-bond donors (Lipinski definition) is 0. The van der Waals surface area contributed by atoms with Crippen LogP contribution in [0, 0.1) is 5.82 Å². The third kappa shape index (κ3) is 1.57. The first-order chi connectivity index (χ1) is 6.77. The number of rotatable bonds is 2. The zero-order valence-corrected chi connectivity index (χ0v) is 7.24. The van der Waals surface area contributed by atoms with Gasteiger partial charge >= 0.3 is 0 Å². The first-order valence-electron chi connectivity index (χ1n) is 4.10. The molecule has 3 heteroatoms. The predicted molar refractivity (Wildman–Crippen MR) is 48.5 cm³/mol. The molecule has 1 aromatic carbocycles. The average Bonchev–Trinajstić information content (AvgIpc) is 2.69. The molecule has 0 unspecified atom stereocenters. The summed E-state index contributed by atoms with van der Waals surface area (Å²) in [5, 5.41) is 0. The van der Waals surface area contributed by atoms with Gasteiger partial charge in [0.05, 0.1) is 11.8 Å². The molecule has 0 bridgehead atoms. The van der Waals surface area contributed by atoms with Crippen LogP contribution in [-0.2, 0) is 0 Å². The number of carbonyl (C=O) groups is 1. The molecule has 2 rings (SSSR count).